The molecule has 0 unspecified atom stereocenters. The molecule has 56 valence electrons. The van der Waals surface area contributed by atoms with Crippen LogP contribution in [0.3, 0.4) is 0 Å². The van der Waals surface area contributed by atoms with E-state index in [9.17, 15) is 0 Å². The number of pyridine rings is 1. The lowest BCUT2D eigenvalue weighted by Gasteiger charge is -1.98. The molecule has 1 N–H and O–H groups in total. The first-order valence-electron chi connectivity index (χ1n) is 3.87. The zero-order valence-corrected chi connectivity index (χ0v) is 6.25. The first-order chi connectivity index (χ1) is 5.38. The third kappa shape index (κ3) is 1.29. The molecule has 1 aliphatic rings. The van der Waals surface area contributed by atoms with Crippen LogP contribution in [-0.2, 0) is 0 Å². The van der Waals surface area contributed by atoms with E-state index in [-0.39, 0.29) is 0 Å². The average molecular weight is 146 g/mol. The Balaban J connectivity index is 2.22. The minimum atomic E-state index is 0.527. The number of nitrogens with one attached hydrogen (secondary N) is 1. The molecule has 0 bridgehead atoms. The summed E-state index contributed by atoms with van der Waals surface area (Å²) in [5.74, 6) is 0.527. The second-order valence-electron chi connectivity index (χ2n) is 2.93. The summed E-state index contributed by atoms with van der Waals surface area (Å²) in [5, 5.41) is 7.71. The normalized spacial score (nSPS) is 16.4. The molecule has 2 rings (SSSR count). The molecule has 1 fully saturated rings. The van der Waals surface area contributed by atoms with Crippen LogP contribution in [0.25, 0.3) is 0 Å². The van der Waals surface area contributed by atoms with Crippen LogP contribution in [0.5, 0.6) is 0 Å². The van der Waals surface area contributed by atoms with Gasteiger partial charge in [0, 0.05) is 29.6 Å². The van der Waals surface area contributed by atoms with Crippen molar-refractivity contribution in [2.45, 2.75) is 12.8 Å². The third-order valence-electron chi connectivity index (χ3n) is 1.96. The van der Waals surface area contributed by atoms with E-state index in [0.717, 1.165) is 11.3 Å². The molecule has 1 aromatic heterocycles. The highest BCUT2D eigenvalue weighted by Crippen LogP contribution is 2.32. The highest BCUT2D eigenvalue weighted by atomic mass is 14.6. The second kappa shape index (κ2) is 2.46. The lowest BCUT2D eigenvalue weighted by molar-refractivity contribution is 1.15. The van der Waals surface area contributed by atoms with Gasteiger partial charge in [0.1, 0.15) is 0 Å². The van der Waals surface area contributed by atoms with Gasteiger partial charge in [-0.25, -0.2) is 0 Å². The molecule has 1 aromatic rings. The molecule has 0 amide bonds. The molecule has 0 saturated heterocycles. The van der Waals surface area contributed by atoms with Crippen LogP contribution in [0.1, 0.15) is 18.4 Å². The van der Waals surface area contributed by atoms with E-state index in [0.29, 0.717) is 5.92 Å². The second-order valence-corrected chi connectivity index (χ2v) is 2.93. The van der Waals surface area contributed by atoms with Gasteiger partial charge in [0.25, 0.3) is 0 Å². The van der Waals surface area contributed by atoms with Gasteiger partial charge >= 0.3 is 0 Å². The maximum atomic E-state index is 7.71. The Morgan fingerprint density at radius 2 is 2.36 bits per heavy atom. The maximum Gasteiger partial charge on any atom is 0.0432 e. The van der Waals surface area contributed by atoms with Crippen molar-refractivity contribution in [2.75, 3.05) is 0 Å². The summed E-state index contributed by atoms with van der Waals surface area (Å²) >= 11 is 0. The van der Waals surface area contributed by atoms with E-state index < -0.39 is 0 Å². The van der Waals surface area contributed by atoms with Gasteiger partial charge < -0.3 is 5.41 Å². The molecule has 1 aliphatic carbocycles. The van der Waals surface area contributed by atoms with Crippen LogP contribution < -0.4 is 0 Å². The fraction of sp³-hybridized carbons (Fsp3) is 0.333. The predicted molar refractivity (Wildman–Crippen MR) is 43.8 cm³/mol. The van der Waals surface area contributed by atoms with Gasteiger partial charge in [-0.2, -0.15) is 0 Å². The zero-order valence-electron chi connectivity index (χ0n) is 6.25. The van der Waals surface area contributed by atoms with E-state index in [2.05, 4.69) is 4.98 Å². The fourth-order valence-electron chi connectivity index (χ4n) is 1.13. The Bertz CT molecular complexity index is 262. The molecule has 1 saturated carbocycles. The molecule has 1 heterocycles. The summed E-state index contributed by atoms with van der Waals surface area (Å²) < 4.78 is 0. The Morgan fingerprint density at radius 1 is 1.55 bits per heavy atom. The van der Waals surface area contributed by atoms with Gasteiger partial charge in [0.05, 0.1) is 0 Å². The van der Waals surface area contributed by atoms with Crippen LogP contribution in [-0.4, -0.2) is 10.7 Å². The van der Waals surface area contributed by atoms with Gasteiger partial charge in [-0.05, 0) is 18.9 Å². The Morgan fingerprint density at radius 3 is 2.91 bits per heavy atom. The number of hydrogen-bond acceptors (Lipinski definition) is 2. The minimum Gasteiger partial charge on any atom is -0.304 e. The summed E-state index contributed by atoms with van der Waals surface area (Å²) in [6, 6.07) is 3.83. The van der Waals surface area contributed by atoms with Gasteiger partial charge in [-0.1, -0.05) is 6.07 Å². The van der Waals surface area contributed by atoms with E-state index in [1.54, 1.807) is 12.4 Å². The molecular weight excluding hydrogens is 136 g/mol. The van der Waals surface area contributed by atoms with E-state index in [1.165, 1.54) is 12.8 Å². The van der Waals surface area contributed by atoms with Gasteiger partial charge in [0.15, 0.2) is 0 Å². The molecule has 0 spiro atoms. The van der Waals surface area contributed by atoms with Crippen molar-refractivity contribution >= 4 is 5.71 Å². The summed E-state index contributed by atoms with van der Waals surface area (Å²) in [4.78, 5) is 3.98. The first kappa shape index (κ1) is 6.53. The largest absolute Gasteiger partial charge is 0.304 e. The third-order valence-corrected chi connectivity index (χ3v) is 1.96. The summed E-state index contributed by atoms with van der Waals surface area (Å²) in [6.07, 6.45) is 5.88. The molecular formula is C9H10N2. The summed E-state index contributed by atoms with van der Waals surface area (Å²) in [6.45, 7) is 0. The van der Waals surface area contributed by atoms with Gasteiger partial charge in [0.2, 0.25) is 0 Å². The van der Waals surface area contributed by atoms with Crippen molar-refractivity contribution in [3.63, 3.8) is 0 Å². The number of hydrogen-bond donors (Lipinski definition) is 1. The van der Waals surface area contributed by atoms with Crippen molar-refractivity contribution in [2.24, 2.45) is 5.92 Å². The Kier molecular flexibility index (Phi) is 1.46. The zero-order chi connectivity index (χ0) is 7.68. The molecule has 0 radical (unpaired) electrons. The molecule has 2 nitrogen and oxygen atoms in total. The Hall–Kier alpha value is -1.18. The molecule has 0 aromatic carbocycles. The SMILES string of the molecule is N=C(c1cccnc1)C1CC1. The van der Waals surface area contributed by atoms with Crippen molar-refractivity contribution in [1.82, 2.24) is 4.98 Å². The smallest absolute Gasteiger partial charge is 0.0432 e. The van der Waals surface area contributed by atoms with Crippen LogP contribution in [0.2, 0.25) is 0 Å². The van der Waals surface area contributed by atoms with Crippen molar-refractivity contribution < 1.29 is 0 Å². The topological polar surface area (TPSA) is 36.7 Å². The number of nitrogens with zero attached hydrogens (tertiary/aromatic N) is 1. The van der Waals surface area contributed by atoms with E-state index >= 15 is 0 Å². The highest BCUT2D eigenvalue weighted by molar-refractivity contribution is 6.00. The first-order valence-corrected chi connectivity index (χ1v) is 3.87. The van der Waals surface area contributed by atoms with Gasteiger partial charge in [-0.3, -0.25) is 4.98 Å². The summed E-state index contributed by atoms with van der Waals surface area (Å²) in [7, 11) is 0. The molecule has 11 heavy (non-hydrogen) atoms. The lowest BCUT2D eigenvalue weighted by Crippen LogP contribution is -2.00. The minimum absolute atomic E-state index is 0.527. The van der Waals surface area contributed by atoms with E-state index in [1.807, 2.05) is 12.1 Å². The Labute approximate surface area is 65.8 Å². The molecule has 2 heteroatoms. The van der Waals surface area contributed by atoms with Crippen molar-refractivity contribution in [1.29, 1.82) is 5.41 Å². The van der Waals surface area contributed by atoms with Crippen molar-refractivity contribution in [3.8, 4) is 0 Å². The predicted octanol–water partition coefficient (Wildman–Crippen LogP) is 1.86. The number of aromatic nitrogens is 1. The fourth-order valence-corrected chi connectivity index (χ4v) is 1.13. The van der Waals surface area contributed by atoms with Crippen LogP contribution in [0, 0.1) is 11.3 Å². The molecule has 0 atom stereocenters. The highest BCUT2D eigenvalue weighted by Gasteiger charge is 2.26. The van der Waals surface area contributed by atoms with E-state index in [4.69, 9.17) is 5.41 Å². The number of rotatable bonds is 2. The van der Waals surface area contributed by atoms with Crippen LogP contribution in [0.4, 0.5) is 0 Å². The standard InChI is InChI=1S/C9H10N2/c10-9(7-3-4-7)8-2-1-5-11-6-8/h1-2,5-7,10H,3-4H2. The molecule has 0 aliphatic heterocycles. The maximum absolute atomic E-state index is 7.71. The quantitative estimate of drug-likeness (QED) is 0.635. The van der Waals surface area contributed by atoms with Crippen LogP contribution >= 0.6 is 0 Å². The van der Waals surface area contributed by atoms with Crippen molar-refractivity contribution in [3.05, 3.63) is 30.1 Å². The monoisotopic (exact) mass is 146 g/mol. The summed E-state index contributed by atoms with van der Waals surface area (Å²) in [5.41, 5.74) is 1.74. The average Bonchev–Trinajstić information content (AvgIpc) is 2.87. The van der Waals surface area contributed by atoms with Gasteiger partial charge in [-0.15, -0.1) is 0 Å². The van der Waals surface area contributed by atoms with Crippen LogP contribution in [0.15, 0.2) is 24.5 Å². The lowest BCUT2D eigenvalue weighted by atomic mass is 10.1.